The summed E-state index contributed by atoms with van der Waals surface area (Å²) in [6, 6.07) is 10.0. The molecule has 0 saturated carbocycles. The highest BCUT2D eigenvalue weighted by Crippen LogP contribution is 2.43. The van der Waals surface area contributed by atoms with E-state index in [0.29, 0.717) is 16.6 Å². The van der Waals surface area contributed by atoms with Gasteiger partial charge in [-0.1, -0.05) is 84.0 Å². The van der Waals surface area contributed by atoms with Gasteiger partial charge >= 0.3 is 6.09 Å². The van der Waals surface area contributed by atoms with E-state index in [1.165, 1.54) is 12.7 Å². The third-order valence-corrected chi connectivity index (χ3v) is 11.8. The number of carbonyl (C=O) groups is 1. The van der Waals surface area contributed by atoms with Gasteiger partial charge in [0.2, 0.25) is 8.32 Å². The molecule has 0 fully saturated rings. The Kier molecular flexibility index (Phi) is 9.97. The monoisotopic (exact) mass is 405 g/mol. The maximum Gasteiger partial charge on any atom is 0.407 e. The molecule has 158 valence electrons. The van der Waals surface area contributed by atoms with E-state index in [-0.39, 0.29) is 12.1 Å². The molecule has 0 aliphatic rings. The molecule has 1 amide bonds. The van der Waals surface area contributed by atoms with Gasteiger partial charge in [0.1, 0.15) is 0 Å². The van der Waals surface area contributed by atoms with Crippen molar-refractivity contribution in [1.29, 1.82) is 0 Å². The van der Waals surface area contributed by atoms with E-state index in [2.05, 4.69) is 72.0 Å². The van der Waals surface area contributed by atoms with Crippen molar-refractivity contribution in [3.05, 3.63) is 48.0 Å². The van der Waals surface area contributed by atoms with Crippen LogP contribution in [-0.4, -0.2) is 33.7 Å². The first-order valence-corrected chi connectivity index (χ1v) is 12.5. The predicted octanol–water partition coefficient (Wildman–Crippen LogP) is 6.09. The molecule has 0 aromatic heterocycles. The zero-order chi connectivity index (χ0) is 21.3. The second-order valence-corrected chi connectivity index (χ2v) is 13.8. The Morgan fingerprint density at radius 3 is 2.00 bits per heavy atom. The van der Waals surface area contributed by atoms with Crippen LogP contribution in [0.5, 0.6) is 0 Å². The van der Waals surface area contributed by atoms with Gasteiger partial charge in [0.15, 0.2) is 0 Å². The van der Waals surface area contributed by atoms with Gasteiger partial charge in [-0.05, 0) is 35.5 Å². The van der Waals surface area contributed by atoms with Gasteiger partial charge in [0, 0.05) is 0 Å². The maximum absolute atomic E-state index is 11.9. The van der Waals surface area contributed by atoms with Gasteiger partial charge in [-0.15, -0.1) is 0 Å². The number of methoxy groups -OCH3 is 1. The molecule has 0 aliphatic heterocycles. The van der Waals surface area contributed by atoms with Crippen LogP contribution in [0.3, 0.4) is 0 Å². The van der Waals surface area contributed by atoms with Gasteiger partial charge < -0.3 is 14.5 Å². The van der Waals surface area contributed by atoms with Crippen molar-refractivity contribution in [2.75, 3.05) is 7.11 Å². The first kappa shape index (κ1) is 24.4. The van der Waals surface area contributed by atoms with Crippen molar-refractivity contribution in [2.45, 2.75) is 83.7 Å². The Morgan fingerprint density at radius 2 is 1.54 bits per heavy atom. The lowest BCUT2D eigenvalue weighted by molar-refractivity contribution is 0.139. The summed E-state index contributed by atoms with van der Waals surface area (Å²) >= 11 is 0. The van der Waals surface area contributed by atoms with Crippen LogP contribution in [0, 0.1) is 0 Å². The number of benzene rings is 1. The second-order valence-electron chi connectivity index (χ2n) is 8.42. The molecule has 1 aromatic carbocycles. The molecule has 4 nitrogen and oxygen atoms in total. The summed E-state index contributed by atoms with van der Waals surface area (Å²) in [5.41, 5.74) is 2.70. The molecule has 0 unspecified atom stereocenters. The summed E-state index contributed by atoms with van der Waals surface area (Å²) in [7, 11) is -0.654. The average Bonchev–Trinajstić information content (AvgIpc) is 2.64. The van der Waals surface area contributed by atoms with Crippen molar-refractivity contribution >= 4 is 14.4 Å². The number of rotatable bonds is 10. The molecule has 1 aromatic rings. The lowest BCUT2D eigenvalue weighted by atomic mass is 10.1. The van der Waals surface area contributed by atoms with Gasteiger partial charge in [-0.3, -0.25) is 0 Å². The van der Waals surface area contributed by atoms with Crippen LogP contribution in [0.15, 0.2) is 42.5 Å². The van der Waals surface area contributed by atoms with Gasteiger partial charge in [0.25, 0.3) is 0 Å². The number of hydrogen-bond acceptors (Lipinski definition) is 3. The quantitative estimate of drug-likeness (QED) is 0.378. The van der Waals surface area contributed by atoms with Crippen molar-refractivity contribution in [2.24, 2.45) is 0 Å². The Balaban J connectivity index is 3.02. The Bertz CT molecular complexity index is 592. The summed E-state index contributed by atoms with van der Waals surface area (Å²) in [6.07, 6.45) is 4.38. The van der Waals surface area contributed by atoms with Gasteiger partial charge in [0.05, 0.1) is 19.3 Å². The summed E-state index contributed by atoms with van der Waals surface area (Å²) in [5, 5.41) is 2.94. The van der Waals surface area contributed by atoms with Gasteiger partial charge in [-0.2, -0.15) is 0 Å². The van der Waals surface area contributed by atoms with E-state index in [1.54, 1.807) is 0 Å². The molecule has 0 spiro atoms. The molecule has 1 rings (SSSR count). The van der Waals surface area contributed by atoms with Crippen molar-refractivity contribution in [3.63, 3.8) is 0 Å². The molecular weight excluding hydrogens is 366 g/mol. The smallest absolute Gasteiger partial charge is 0.407 e. The highest BCUT2D eigenvalue weighted by molar-refractivity contribution is 6.77. The molecule has 0 aliphatic carbocycles. The van der Waals surface area contributed by atoms with Crippen LogP contribution in [0.2, 0.25) is 16.6 Å². The lowest BCUT2D eigenvalue weighted by Gasteiger charge is -2.45. The zero-order valence-electron chi connectivity index (χ0n) is 18.9. The summed E-state index contributed by atoms with van der Waals surface area (Å²) in [6.45, 7) is 15.7. The minimum Gasteiger partial charge on any atom is -0.453 e. The summed E-state index contributed by atoms with van der Waals surface area (Å²) in [5.74, 6) is 0. The number of nitrogens with one attached hydrogen (secondary N) is 1. The fourth-order valence-electron chi connectivity index (χ4n) is 4.29. The van der Waals surface area contributed by atoms with E-state index in [4.69, 9.17) is 9.16 Å². The number of allylic oxidation sites excluding steroid dienone is 1. The van der Waals surface area contributed by atoms with E-state index in [9.17, 15) is 4.79 Å². The molecule has 0 bridgehead atoms. The zero-order valence-corrected chi connectivity index (χ0v) is 19.9. The third kappa shape index (κ3) is 6.49. The molecule has 28 heavy (non-hydrogen) atoms. The Hall–Kier alpha value is -1.59. The van der Waals surface area contributed by atoms with Crippen molar-refractivity contribution in [3.8, 4) is 0 Å². The number of carbonyl (C=O) groups excluding carboxylic acids is 1. The van der Waals surface area contributed by atoms with Crippen LogP contribution in [0.1, 0.15) is 54.0 Å². The minimum absolute atomic E-state index is 0.134. The van der Waals surface area contributed by atoms with Crippen LogP contribution < -0.4 is 5.32 Å². The van der Waals surface area contributed by atoms with Crippen LogP contribution in [0.25, 0.3) is 0 Å². The van der Waals surface area contributed by atoms with E-state index >= 15 is 0 Å². The lowest BCUT2D eigenvalue weighted by Crippen LogP contribution is -2.54. The topological polar surface area (TPSA) is 47.6 Å². The Morgan fingerprint density at radius 1 is 1.00 bits per heavy atom. The van der Waals surface area contributed by atoms with Crippen molar-refractivity contribution < 1.29 is 14.0 Å². The van der Waals surface area contributed by atoms with Crippen LogP contribution in [0.4, 0.5) is 4.79 Å². The van der Waals surface area contributed by atoms with E-state index in [1.807, 2.05) is 24.3 Å². The van der Waals surface area contributed by atoms with Crippen LogP contribution >= 0.6 is 0 Å². The highest BCUT2D eigenvalue weighted by Gasteiger charge is 2.46. The van der Waals surface area contributed by atoms with E-state index < -0.39 is 14.4 Å². The third-order valence-electron chi connectivity index (χ3n) is 5.61. The Labute approximate surface area is 172 Å². The largest absolute Gasteiger partial charge is 0.453 e. The molecule has 0 saturated heterocycles. The molecule has 2 atom stereocenters. The summed E-state index contributed by atoms with van der Waals surface area (Å²) in [4.78, 5) is 11.9. The maximum atomic E-state index is 11.9. The normalized spacial score (nSPS) is 14.7. The molecule has 5 heteroatoms. The SMILES string of the molecule is COC(=O)N[C@H](/C=C/Cc1ccccc1)[C@H](C)O[Si](C(C)C)(C(C)C)C(C)C. The fraction of sp³-hybridized carbons (Fsp3) is 0.609. The van der Waals surface area contributed by atoms with Gasteiger partial charge in [-0.25, -0.2) is 4.79 Å². The van der Waals surface area contributed by atoms with Crippen molar-refractivity contribution in [1.82, 2.24) is 5.32 Å². The molecule has 0 heterocycles. The first-order chi connectivity index (χ1) is 13.1. The first-order valence-electron chi connectivity index (χ1n) is 10.4. The standard InChI is InChI=1S/C23H39NO3Si/c1-17(2)28(18(3)4,19(5)6)27-20(7)22(24-23(25)26-8)16-12-15-21-13-10-9-11-14-21/h9-14,16-20,22H,15H2,1-8H3,(H,24,25)/b16-12+/t20-,22+/m0/s1. The minimum atomic E-state index is -2.04. The number of amides is 1. The number of ether oxygens (including phenoxy) is 1. The molecular formula is C23H39NO3Si. The van der Waals surface area contributed by atoms with E-state index in [0.717, 1.165) is 6.42 Å². The highest BCUT2D eigenvalue weighted by atomic mass is 28.4. The second kappa shape index (κ2) is 11.4. The average molecular weight is 406 g/mol. The molecule has 0 radical (unpaired) electrons. The summed E-state index contributed by atoms with van der Waals surface area (Å²) < 4.78 is 11.7. The number of hydrogen-bond donors (Lipinski definition) is 1. The number of alkyl carbamates (subject to hydrolysis) is 1. The van der Waals surface area contributed by atoms with Crippen LogP contribution in [-0.2, 0) is 15.6 Å². The molecule has 1 N–H and O–H groups in total. The fourth-order valence-corrected chi connectivity index (χ4v) is 9.89. The predicted molar refractivity (Wildman–Crippen MR) is 120 cm³/mol.